The van der Waals surface area contributed by atoms with Crippen LogP contribution in [0.3, 0.4) is 0 Å². The molecule has 37 heavy (non-hydrogen) atoms. The molecule has 2 aromatic rings. The van der Waals surface area contributed by atoms with Crippen LogP contribution in [0.5, 0.6) is 0 Å². The van der Waals surface area contributed by atoms with E-state index in [9.17, 15) is 14.4 Å². The second-order valence-electron chi connectivity index (χ2n) is 11.3. The highest BCUT2D eigenvalue weighted by molar-refractivity contribution is 6.15. The van der Waals surface area contributed by atoms with Crippen molar-refractivity contribution in [3.8, 4) is 11.1 Å². The Morgan fingerprint density at radius 3 is 2.24 bits per heavy atom. The van der Waals surface area contributed by atoms with Crippen LogP contribution in [0.2, 0.25) is 0 Å². The van der Waals surface area contributed by atoms with Gasteiger partial charge in [-0.1, -0.05) is 87.4 Å². The fourth-order valence-corrected chi connectivity index (χ4v) is 5.00. The Hall–Kier alpha value is -3.03. The van der Waals surface area contributed by atoms with E-state index in [2.05, 4.69) is 12.2 Å². The Morgan fingerprint density at radius 1 is 1.00 bits per heavy atom. The smallest absolute Gasteiger partial charge is 0.408 e. The fraction of sp³-hybridized carbons (Fsp3) is 0.500. The van der Waals surface area contributed by atoms with Crippen molar-refractivity contribution in [1.82, 2.24) is 9.91 Å². The maximum Gasteiger partial charge on any atom is 0.408 e. The van der Waals surface area contributed by atoms with Crippen LogP contribution < -0.4 is 15.8 Å². The quantitative estimate of drug-likeness (QED) is 0.191. The summed E-state index contributed by atoms with van der Waals surface area (Å²) in [6.07, 6.45) is 3.90. The van der Waals surface area contributed by atoms with Gasteiger partial charge in [-0.25, -0.2) is 14.4 Å². The standard InChI is InChI=1S/C30H41N3O4/c1-7-8-9-10-18-24-22-16-12-11-15-21(22)23-17-13-14-19-25(23)33(31,27(24)34)28(35)26(20(2)3)32-29(36)37-30(4,5)6/h11-17,19-20,24,26H,7-10,18,31H2,1-6H3/p+1/t24?,26-,33?/m0/s1. The summed E-state index contributed by atoms with van der Waals surface area (Å²) in [5.74, 6) is 5.11. The average Bonchev–Trinajstić information content (AvgIpc) is 2.92. The molecule has 0 spiro atoms. The van der Waals surface area contributed by atoms with Crippen molar-refractivity contribution in [2.24, 2.45) is 11.8 Å². The van der Waals surface area contributed by atoms with Gasteiger partial charge in [0, 0.05) is 11.6 Å². The Bertz CT molecular complexity index is 1140. The number of fused-ring (bicyclic) bond motifs is 3. The van der Waals surface area contributed by atoms with E-state index in [0.717, 1.165) is 42.4 Å². The predicted octanol–water partition coefficient (Wildman–Crippen LogP) is 6.20. The zero-order valence-corrected chi connectivity index (χ0v) is 23.0. The van der Waals surface area contributed by atoms with Crippen LogP contribution in [0.25, 0.3) is 11.1 Å². The summed E-state index contributed by atoms with van der Waals surface area (Å²) >= 11 is 0. The number of nitrogens with two attached hydrogens (primary N) is 1. The van der Waals surface area contributed by atoms with Gasteiger partial charge >= 0.3 is 17.9 Å². The predicted molar refractivity (Wildman–Crippen MR) is 147 cm³/mol. The molecule has 1 aliphatic heterocycles. The number of carbonyl (C=O) groups excluding carboxylic acids is 3. The molecule has 3 N–H and O–H groups in total. The third kappa shape index (κ3) is 6.11. The molecule has 7 nitrogen and oxygen atoms in total. The van der Waals surface area contributed by atoms with Crippen LogP contribution >= 0.6 is 0 Å². The summed E-state index contributed by atoms with van der Waals surface area (Å²) in [5, 5.41) is 2.70. The molecular formula is C30H42N3O4+. The molecule has 2 aromatic carbocycles. The summed E-state index contributed by atoms with van der Waals surface area (Å²) in [6, 6.07) is 14.1. The molecule has 7 heteroatoms. The molecule has 0 aliphatic carbocycles. The van der Waals surface area contributed by atoms with Gasteiger partial charge in [0.1, 0.15) is 11.5 Å². The highest BCUT2D eigenvalue weighted by Crippen LogP contribution is 2.45. The normalized spacial score (nSPS) is 20.0. The fourth-order valence-electron chi connectivity index (χ4n) is 5.00. The molecule has 3 atom stereocenters. The molecule has 0 fully saturated rings. The zero-order chi connectivity index (χ0) is 27.4. The summed E-state index contributed by atoms with van der Waals surface area (Å²) < 4.78 is 4.41. The number of amides is 3. The number of hydrogen-bond donors (Lipinski definition) is 2. The largest absolute Gasteiger partial charge is 0.444 e. The van der Waals surface area contributed by atoms with Gasteiger partial charge in [0.25, 0.3) is 0 Å². The number of alkyl carbamates (subject to hydrolysis) is 1. The van der Waals surface area contributed by atoms with E-state index >= 15 is 0 Å². The van der Waals surface area contributed by atoms with Gasteiger partial charge in [0.2, 0.25) is 0 Å². The summed E-state index contributed by atoms with van der Waals surface area (Å²) in [5.41, 5.74) is 2.22. The van der Waals surface area contributed by atoms with Gasteiger partial charge in [0.15, 0.2) is 11.7 Å². The number of carbonyl (C=O) groups is 3. The summed E-state index contributed by atoms with van der Waals surface area (Å²) in [7, 11) is 0. The Labute approximate surface area is 220 Å². The maximum absolute atomic E-state index is 14.4. The number of nitrogens with zero attached hydrogens (tertiary/aromatic N) is 1. The Kier molecular flexibility index (Phi) is 8.92. The van der Waals surface area contributed by atoms with Gasteiger partial charge < -0.3 is 10.1 Å². The molecule has 1 aliphatic rings. The average molecular weight is 509 g/mol. The number of benzene rings is 2. The molecule has 0 saturated heterocycles. The molecule has 3 rings (SSSR count). The van der Waals surface area contributed by atoms with Gasteiger partial charge in [-0.05, 0) is 50.3 Å². The number of para-hydroxylation sites is 1. The third-order valence-electron chi connectivity index (χ3n) is 6.86. The topological polar surface area (TPSA) is 98.5 Å². The lowest BCUT2D eigenvalue weighted by atomic mass is 9.87. The van der Waals surface area contributed by atoms with E-state index in [1.807, 2.05) is 50.2 Å². The highest BCUT2D eigenvalue weighted by atomic mass is 16.6. The first-order valence-corrected chi connectivity index (χ1v) is 13.4. The monoisotopic (exact) mass is 508 g/mol. The van der Waals surface area contributed by atoms with Crippen LogP contribution in [0.1, 0.15) is 85.1 Å². The zero-order valence-electron chi connectivity index (χ0n) is 23.0. The van der Waals surface area contributed by atoms with Crippen LogP contribution in [0.4, 0.5) is 10.5 Å². The van der Waals surface area contributed by atoms with Gasteiger partial charge in [0.05, 0.1) is 0 Å². The van der Waals surface area contributed by atoms with Crippen LogP contribution in [0, 0.1) is 5.92 Å². The molecule has 2 unspecified atom stereocenters. The van der Waals surface area contributed by atoms with Crippen molar-refractivity contribution >= 4 is 23.6 Å². The highest BCUT2D eigenvalue weighted by Gasteiger charge is 2.55. The second kappa shape index (κ2) is 11.6. The summed E-state index contributed by atoms with van der Waals surface area (Å²) in [4.78, 5) is 41.4. The van der Waals surface area contributed by atoms with Crippen LogP contribution in [-0.2, 0) is 14.3 Å². The number of ether oxygens (including phenoxy) is 1. The molecule has 0 bridgehead atoms. The minimum Gasteiger partial charge on any atom is -0.444 e. The van der Waals surface area contributed by atoms with Gasteiger partial charge in [-0.15, -0.1) is 0 Å². The lowest BCUT2D eigenvalue weighted by Crippen LogP contribution is -2.71. The molecule has 3 amide bonds. The first-order valence-electron chi connectivity index (χ1n) is 13.4. The molecular weight excluding hydrogens is 466 g/mol. The van der Waals surface area contributed by atoms with Crippen molar-refractivity contribution in [3.63, 3.8) is 0 Å². The van der Waals surface area contributed by atoms with Crippen LogP contribution in [-0.4, -0.2) is 29.6 Å². The SMILES string of the molecule is CCCCCCC1C(=O)[N+](N)(C(=O)[C@@H](NC(=O)OC(C)(C)C)C(C)C)c2ccccc2-c2ccccc21. The third-order valence-corrected chi connectivity index (χ3v) is 6.86. The first-order chi connectivity index (χ1) is 17.4. The van der Waals surface area contributed by atoms with Gasteiger partial charge in [-0.3, -0.25) is 0 Å². The van der Waals surface area contributed by atoms with E-state index in [1.165, 1.54) is 0 Å². The number of imide groups is 1. The van der Waals surface area contributed by atoms with Gasteiger partial charge in [-0.2, -0.15) is 5.84 Å². The number of quaternary nitrogens is 1. The lowest BCUT2D eigenvalue weighted by Gasteiger charge is -2.33. The minimum atomic E-state index is -1.03. The molecule has 0 aromatic heterocycles. The number of hydrogen-bond acceptors (Lipinski definition) is 5. The maximum atomic E-state index is 14.4. The molecule has 0 saturated carbocycles. The lowest BCUT2D eigenvalue weighted by molar-refractivity contribution is -0.147. The summed E-state index contributed by atoms with van der Waals surface area (Å²) in [6.45, 7) is 11.0. The second-order valence-corrected chi connectivity index (χ2v) is 11.3. The van der Waals surface area contributed by atoms with Crippen molar-refractivity contribution in [1.29, 1.82) is 0 Å². The van der Waals surface area contributed by atoms with E-state index in [0.29, 0.717) is 12.1 Å². The van der Waals surface area contributed by atoms with E-state index < -0.39 is 34.2 Å². The van der Waals surface area contributed by atoms with E-state index in [-0.39, 0.29) is 11.8 Å². The molecule has 1 heterocycles. The molecule has 0 radical (unpaired) electrons. The van der Waals surface area contributed by atoms with Crippen molar-refractivity contribution in [2.45, 2.75) is 91.2 Å². The van der Waals surface area contributed by atoms with Crippen LogP contribution in [0.15, 0.2) is 48.5 Å². The van der Waals surface area contributed by atoms with Crippen molar-refractivity contribution in [3.05, 3.63) is 54.1 Å². The Morgan fingerprint density at radius 2 is 1.62 bits per heavy atom. The Balaban J connectivity index is 2.13. The number of unbranched alkanes of at least 4 members (excludes halogenated alkanes) is 3. The number of nitrogens with one attached hydrogen (secondary N) is 1. The molecule has 200 valence electrons. The van der Waals surface area contributed by atoms with E-state index in [4.69, 9.17) is 10.6 Å². The minimum absolute atomic E-state index is 0.327. The van der Waals surface area contributed by atoms with Crippen molar-refractivity contribution < 1.29 is 19.1 Å². The number of rotatable bonds is 8. The first kappa shape index (κ1) is 28.5. The van der Waals surface area contributed by atoms with Crippen molar-refractivity contribution in [2.75, 3.05) is 0 Å². The van der Waals surface area contributed by atoms with E-state index in [1.54, 1.807) is 32.9 Å².